The van der Waals surface area contributed by atoms with Crippen LogP contribution in [0.3, 0.4) is 0 Å². The van der Waals surface area contributed by atoms with E-state index >= 15 is 0 Å². The van der Waals surface area contributed by atoms with Crippen molar-refractivity contribution in [2.45, 2.75) is 0 Å². The zero-order chi connectivity index (χ0) is 11.5. The van der Waals surface area contributed by atoms with Crippen molar-refractivity contribution in [3.8, 4) is 0 Å². The highest BCUT2D eigenvalue weighted by Crippen LogP contribution is 2.14. The summed E-state index contributed by atoms with van der Waals surface area (Å²) in [5, 5.41) is 0. The summed E-state index contributed by atoms with van der Waals surface area (Å²) in [7, 11) is 0. The van der Waals surface area contributed by atoms with Crippen LogP contribution in [0.25, 0.3) is 0 Å². The van der Waals surface area contributed by atoms with Gasteiger partial charge in [0.2, 0.25) is 0 Å². The maximum absolute atomic E-state index is 4.34. The Labute approximate surface area is 99.9 Å². The predicted molar refractivity (Wildman–Crippen MR) is 66.7 cm³/mol. The first-order chi connectivity index (χ1) is 8.43. The van der Waals surface area contributed by atoms with Crippen LogP contribution in [0.2, 0.25) is 0 Å². The summed E-state index contributed by atoms with van der Waals surface area (Å²) in [5.74, 6) is 1.96. The Morgan fingerprint density at radius 1 is 1.00 bits per heavy atom. The van der Waals surface area contributed by atoms with Gasteiger partial charge in [-0.15, -0.1) is 4.98 Å². The minimum absolute atomic E-state index is 0.938. The molecule has 0 saturated carbocycles. The molecular formula is C13H13N4+. The highest BCUT2D eigenvalue weighted by atomic mass is 15.3. The lowest BCUT2D eigenvalue weighted by Gasteiger charge is -2.05. The molecule has 0 amide bonds. The minimum atomic E-state index is 0.938. The van der Waals surface area contributed by atoms with Crippen LogP contribution in [0.15, 0.2) is 48.8 Å². The standard InChI is InChI=1S/C13H13N4/c1-3-7-14-12(5-1)16-9-10-17(11-16)13-6-2-4-8-15-13/h1-8,11H,9-10H2/q+1. The van der Waals surface area contributed by atoms with E-state index in [2.05, 4.69) is 25.8 Å². The number of rotatable bonds is 2. The normalized spacial score (nSPS) is 14.8. The van der Waals surface area contributed by atoms with Gasteiger partial charge in [0.05, 0.1) is 0 Å². The van der Waals surface area contributed by atoms with E-state index in [1.54, 1.807) is 0 Å². The quantitative estimate of drug-likeness (QED) is 0.729. The van der Waals surface area contributed by atoms with Crippen LogP contribution >= 0.6 is 0 Å². The Hall–Kier alpha value is -2.23. The summed E-state index contributed by atoms with van der Waals surface area (Å²) in [6, 6.07) is 11.9. The molecule has 1 aliphatic heterocycles. The molecule has 2 aromatic rings. The molecule has 2 aromatic heterocycles. The number of hydrogen-bond acceptors (Lipinski definition) is 3. The number of nitrogens with zero attached hydrogens (tertiary/aromatic N) is 4. The van der Waals surface area contributed by atoms with Gasteiger partial charge in [-0.25, -0.2) is 14.5 Å². The lowest BCUT2D eigenvalue weighted by Crippen LogP contribution is -2.18. The minimum Gasteiger partial charge on any atom is -0.247 e. The third-order valence-electron chi connectivity index (χ3n) is 2.75. The molecule has 0 N–H and O–H groups in total. The molecule has 0 fully saturated rings. The van der Waals surface area contributed by atoms with Crippen LogP contribution in [0.5, 0.6) is 0 Å². The molecule has 0 aromatic carbocycles. The van der Waals surface area contributed by atoms with Crippen LogP contribution in [0, 0.1) is 0 Å². The molecule has 0 bridgehead atoms. The number of anilines is 1. The van der Waals surface area contributed by atoms with E-state index in [0.29, 0.717) is 0 Å². The highest BCUT2D eigenvalue weighted by Gasteiger charge is 2.21. The van der Waals surface area contributed by atoms with E-state index in [9.17, 15) is 0 Å². The van der Waals surface area contributed by atoms with E-state index in [4.69, 9.17) is 0 Å². The van der Waals surface area contributed by atoms with Gasteiger partial charge >= 0.3 is 0 Å². The van der Waals surface area contributed by atoms with Crippen LogP contribution in [-0.4, -0.2) is 34.0 Å². The van der Waals surface area contributed by atoms with E-state index < -0.39 is 0 Å². The molecule has 17 heavy (non-hydrogen) atoms. The largest absolute Gasteiger partial charge is 0.262 e. The zero-order valence-corrected chi connectivity index (χ0v) is 9.40. The zero-order valence-electron chi connectivity index (χ0n) is 9.40. The van der Waals surface area contributed by atoms with Crippen LogP contribution in [-0.2, 0) is 0 Å². The molecule has 1 aliphatic rings. The average molecular weight is 225 g/mol. The summed E-state index contributed by atoms with van der Waals surface area (Å²) in [6.45, 7) is 1.88. The van der Waals surface area contributed by atoms with Crippen molar-refractivity contribution in [3.05, 3.63) is 48.8 Å². The van der Waals surface area contributed by atoms with Gasteiger partial charge in [-0.3, -0.25) is 0 Å². The second-order valence-corrected chi connectivity index (χ2v) is 3.88. The van der Waals surface area contributed by atoms with Crippen LogP contribution in [0.4, 0.5) is 11.6 Å². The first-order valence-electron chi connectivity index (χ1n) is 5.64. The number of hydrogen-bond donors (Lipinski definition) is 0. The summed E-state index contributed by atoms with van der Waals surface area (Å²) in [5.41, 5.74) is 0. The van der Waals surface area contributed by atoms with Gasteiger partial charge in [0.15, 0.2) is 12.2 Å². The molecular weight excluding hydrogens is 212 g/mol. The summed E-state index contributed by atoms with van der Waals surface area (Å²) < 4.78 is 2.13. The van der Waals surface area contributed by atoms with Gasteiger partial charge in [0.1, 0.15) is 19.3 Å². The molecule has 4 nitrogen and oxygen atoms in total. The molecule has 0 atom stereocenters. The van der Waals surface area contributed by atoms with Crippen molar-refractivity contribution >= 4 is 18.0 Å². The molecule has 0 radical (unpaired) electrons. The van der Waals surface area contributed by atoms with Crippen molar-refractivity contribution in [2.75, 3.05) is 18.0 Å². The van der Waals surface area contributed by atoms with Gasteiger partial charge in [0.25, 0.3) is 5.82 Å². The van der Waals surface area contributed by atoms with E-state index in [1.165, 1.54) is 0 Å². The summed E-state index contributed by atoms with van der Waals surface area (Å²) in [6.07, 6.45) is 5.68. The van der Waals surface area contributed by atoms with Gasteiger partial charge in [-0.2, -0.15) is 0 Å². The third-order valence-corrected chi connectivity index (χ3v) is 2.75. The lowest BCUT2D eigenvalue weighted by atomic mass is 10.4. The second kappa shape index (κ2) is 4.33. The molecule has 0 aliphatic carbocycles. The fourth-order valence-electron chi connectivity index (χ4n) is 1.89. The van der Waals surface area contributed by atoms with Gasteiger partial charge in [0, 0.05) is 12.3 Å². The molecule has 0 unspecified atom stereocenters. The van der Waals surface area contributed by atoms with E-state index in [1.807, 2.05) is 48.8 Å². The lowest BCUT2D eigenvalue weighted by molar-refractivity contribution is -0.428. The van der Waals surface area contributed by atoms with E-state index in [-0.39, 0.29) is 0 Å². The van der Waals surface area contributed by atoms with Gasteiger partial charge in [-0.05, 0) is 18.2 Å². The number of pyridine rings is 2. The molecule has 84 valence electrons. The Kier molecular flexibility index (Phi) is 2.54. The van der Waals surface area contributed by atoms with Gasteiger partial charge < -0.3 is 0 Å². The molecule has 0 spiro atoms. The van der Waals surface area contributed by atoms with Crippen LogP contribution < -0.4 is 4.90 Å². The van der Waals surface area contributed by atoms with Crippen molar-refractivity contribution in [2.24, 2.45) is 0 Å². The fraction of sp³-hybridized carbons (Fsp3) is 0.154. The first kappa shape index (κ1) is 9.96. The highest BCUT2D eigenvalue weighted by molar-refractivity contribution is 5.75. The predicted octanol–water partition coefficient (Wildman–Crippen LogP) is 1.67. The van der Waals surface area contributed by atoms with Crippen LogP contribution in [0.1, 0.15) is 0 Å². The van der Waals surface area contributed by atoms with E-state index in [0.717, 1.165) is 24.7 Å². The topological polar surface area (TPSA) is 32.0 Å². The third kappa shape index (κ3) is 2.01. The van der Waals surface area contributed by atoms with Crippen molar-refractivity contribution < 1.29 is 4.58 Å². The Bertz CT molecular complexity index is 522. The van der Waals surface area contributed by atoms with Crippen molar-refractivity contribution in [1.29, 1.82) is 0 Å². The fourth-order valence-corrected chi connectivity index (χ4v) is 1.89. The Morgan fingerprint density at radius 3 is 2.53 bits per heavy atom. The molecule has 0 saturated heterocycles. The Balaban J connectivity index is 1.87. The molecule has 4 heteroatoms. The molecule has 3 rings (SSSR count). The average Bonchev–Trinajstić information content (AvgIpc) is 2.90. The Morgan fingerprint density at radius 2 is 1.82 bits per heavy atom. The smallest absolute Gasteiger partial charge is 0.247 e. The second-order valence-electron chi connectivity index (χ2n) is 3.88. The SMILES string of the molecule is C1=[N+](c2ccccn2)CCN1c1ccccn1. The molecule has 3 heterocycles. The number of aromatic nitrogens is 2. The maximum Gasteiger partial charge on any atom is 0.262 e. The van der Waals surface area contributed by atoms with Gasteiger partial charge in [-0.1, -0.05) is 12.1 Å². The summed E-state index contributed by atoms with van der Waals surface area (Å²) >= 11 is 0. The summed E-state index contributed by atoms with van der Waals surface area (Å²) in [4.78, 5) is 10.8. The van der Waals surface area contributed by atoms with Crippen molar-refractivity contribution in [1.82, 2.24) is 9.97 Å². The van der Waals surface area contributed by atoms with Crippen molar-refractivity contribution in [3.63, 3.8) is 0 Å². The monoisotopic (exact) mass is 225 g/mol. The first-order valence-corrected chi connectivity index (χ1v) is 5.64. The maximum atomic E-state index is 4.34.